The van der Waals surface area contributed by atoms with Gasteiger partial charge in [0, 0.05) is 5.69 Å². The molecule has 0 saturated heterocycles. The fourth-order valence-corrected chi connectivity index (χ4v) is 2.58. The molecule has 0 fully saturated rings. The predicted molar refractivity (Wildman–Crippen MR) is 82.5 cm³/mol. The smallest absolute Gasteiger partial charge is 0.227 e. The summed E-state index contributed by atoms with van der Waals surface area (Å²) in [4.78, 5) is 12.2. The van der Waals surface area contributed by atoms with E-state index in [1.807, 2.05) is 25.6 Å². The number of nitrogens with zero attached hydrogens (tertiary/aromatic N) is 3. The summed E-state index contributed by atoms with van der Waals surface area (Å²) in [7, 11) is 4.04. The second-order valence-electron chi connectivity index (χ2n) is 5.21. The monoisotopic (exact) mass is 324 g/mol. The number of primary amides is 1. The predicted octanol–water partition coefficient (Wildman–Crippen LogP) is 0.189. The highest BCUT2D eigenvalue weighted by Gasteiger charge is 2.23. The van der Waals surface area contributed by atoms with Crippen molar-refractivity contribution in [2.75, 3.05) is 19.8 Å². The van der Waals surface area contributed by atoms with Gasteiger partial charge in [-0.2, -0.15) is 0 Å². The van der Waals surface area contributed by atoms with Crippen LogP contribution in [0, 0.1) is 5.82 Å². The van der Waals surface area contributed by atoms with Gasteiger partial charge in [0.25, 0.3) is 0 Å². The van der Waals surface area contributed by atoms with Crippen molar-refractivity contribution in [3.8, 4) is 5.69 Å². The number of rotatable bonds is 6. The molecule has 1 amide bonds. The number of benzene rings is 1. The molecular weight excluding hydrogens is 305 g/mol. The number of nitrogens with two attached hydrogens (primary N) is 1. The molecule has 0 aliphatic carbocycles. The van der Waals surface area contributed by atoms with Crippen molar-refractivity contribution in [1.29, 1.82) is 0 Å². The molecule has 8 heteroatoms. The van der Waals surface area contributed by atoms with E-state index in [0.29, 0.717) is 5.16 Å². The Morgan fingerprint density at radius 1 is 1.36 bits per heavy atom. The number of halogens is 1. The molecule has 1 heterocycles. The van der Waals surface area contributed by atoms with E-state index in [1.54, 1.807) is 12.1 Å². The Morgan fingerprint density at radius 3 is 2.55 bits per heavy atom. The number of carbonyl (C=O) groups excluding carboxylic acids is 1. The zero-order valence-corrected chi connectivity index (χ0v) is 13.5. The van der Waals surface area contributed by atoms with Crippen molar-refractivity contribution in [3.63, 3.8) is 0 Å². The lowest BCUT2D eigenvalue weighted by Gasteiger charge is -2.18. The van der Waals surface area contributed by atoms with Gasteiger partial charge in [0.15, 0.2) is 11.0 Å². The number of hydrogen-bond acceptors (Lipinski definition) is 4. The minimum atomic E-state index is -0.425. The molecule has 2 rings (SSSR count). The fraction of sp³-hybridized carbons (Fsp3) is 0.357. The highest BCUT2D eigenvalue weighted by atomic mass is 32.2. The summed E-state index contributed by atoms with van der Waals surface area (Å²) >= 11 is 1.22. The highest BCUT2D eigenvalue weighted by Crippen LogP contribution is 2.24. The summed E-state index contributed by atoms with van der Waals surface area (Å²) in [6, 6.07) is 6.17. The highest BCUT2D eigenvalue weighted by molar-refractivity contribution is 7.99. The van der Waals surface area contributed by atoms with Crippen LogP contribution in [0.15, 0.2) is 29.4 Å². The van der Waals surface area contributed by atoms with Gasteiger partial charge < -0.3 is 10.6 Å². The maximum atomic E-state index is 13.2. The van der Waals surface area contributed by atoms with E-state index >= 15 is 0 Å². The minimum Gasteiger partial charge on any atom is -0.369 e. The van der Waals surface area contributed by atoms with E-state index in [-0.39, 0.29) is 17.6 Å². The van der Waals surface area contributed by atoms with Gasteiger partial charge >= 0.3 is 0 Å². The van der Waals surface area contributed by atoms with Crippen molar-refractivity contribution in [2.45, 2.75) is 18.1 Å². The minimum absolute atomic E-state index is 0.0838. The summed E-state index contributed by atoms with van der Waals surface area (Å²) < 4.78 is 15.0. The molecule has 0 saturated carbocycles. The first-order chi connectivity index (χ1) is 10.4. The van der Waals surface area contributed by atoms with Crippen LogP contribution in [0.4, 0.5) is 4.39 Å². The fourth-order valence-electron chi connectivity index (χ4n) is 1.88. The van der Waals surface area contributed by atoms with Crippen molar-refractivity contribution in [3.05, 3.63) is 35.9 Å². The molecule has 0 radical (unpaired) electrons. The van der Waals surface area contributed by atoms with Gasteiger partial charge in [-0.05, 0) is 31.2 Å². The molecule has 0 unspecified atom stereocenters. The SMILES string of the molecule is C[C@@H](c1nnc(SCC(N)=O)n1-c1ccc(F)cc1)[NH+](C)C. The van der Waals surface area contributed by atoms with E-state index in [4.69, 9.17) is 5.73 Å². The number of carbonyl (C=O) groups is 1. The molecule has 6 nitrogen and oxygen atoms in total. The molecule has 0 spiro atoms. The van der Waals surface area contributed by atoms with E-state index < -0.39 is 5.91 Å². The zero-order valence-electron chi connectivity index (χ0n) is 12.7. The largest absolute Gasteiger partial charge is 0.369 e. The molecule has 0 bridgehead atoms. The number of amides is 1. The van der Waals surface area contributed by atoms with Crippen molar-refractivity contribution < 1.29 is 14.1 Å². The van der Waals surface area contributed by atoms with E-state index in [1.165, 1.54) is 28.8 Å². The van der Waals surface area contributed by atoms with Gasteiger partial charge in [-0.1, -0.05) is 11.8 Å². The topological polar surface area (TPSA) is 78.2 Å². The van der Waals surface area contributed by atoms with Crippen molar-refractivity contribution in [1.82, 2.24) is 14.8 Å². The molecule has 0 aliphatic heterocycles. The van der Waals surface area contributed by atoms with Crippen LogP contribution in [0.25, 0.3) is 5.69 Å². The average molecular weight is 324 g/mol. The summed E-state index contributed by atoms with van der Waals surface area (Å²) in [6.07, 6.45) is 0. The summed E-state index contributed by atoms with van der Waals surface area (Å²) in [5, 5.41) is 8.95. The summed E-state index contributed by atoms with van der Waals surface area (Å²) in [5.74, 6) is 0.128. The Labute approximate surface area is 132 Å². The Morgan fingerprint density at radius 2 is 2.00 bits per heavy atom. The quantitative estimate of drug-likeness (QED) is 0.744. The normalized spacial score (nSPS) is 12.6. The zero-order chi connectivity index (χ0) is 16.3. The Balaban J connectivity index is 2.47. The lowest BCUT2D eigenvalue weighted by Crippen LogP contribution is -3.05. The second-order valence-corrected chi connectivity index (χ2v) is 6.15. The Hall–Kier alpha value is -1.93. The van der Waals surface area contributed by atoms with Crippen LogP contribution in [0.5, 0.6) is 0 Å². The van der Waals surface area contributed by atoms with Crippen LogP contribution in [0.3, 0.4) is 0 Å². The van der Waals surface area contributed by atoms with Crippen LogP contribution in [0.1, 0.15) is 18.8 Å². The van der Waals surface area contributed by atoms with Crippen LogP contribution in [-0.4, -0.2) is 40.5 Å². The first kappa shape index (κ1) is 16.4. The van der Waals surface area contributed by atoms with Gasteiger partial charge in [-0.3, -0.25) is 9.36 Å². The molecule has 1 aromatic heterocycles. The number of quaternary nitrogens is 1. The van der Waals surface area contributed by atoms with E-state index in [9.17, 15) is 9.18 Å². The van der Waals surface area contributed by atoms with Gasteiger partial charge in [-0.15, -0.1) is 10.2 Å². The number of hydrogen-bond donors (Lipinski definition) is 2. The standard InChI is InChI=1S/C14H18FN5OS/c1-9(19(2)3)13-17-18-14(22-8-12(16)21)20(13)11-6-4-10(15)5-7-11/h4-7,9H,8H2,1-3H3,(H2,16,21)/p+1/t9-/m0/s1. The molecule has 0 aliphatic rings. The van der Waals surface area contributed by atoms with E-state index in [2.05, 4.69) is 10.2 Å². The molecule has 1 aromatic carbocycles. The van der Waals surface area contributed by atoms with Gasteiger partial charge in [0.1, 0.15) is 11.9 Å². The first-order valence-electron chi connectivity index (χ1n) is 6.82. The number of nitrogens with one attached hydrogen (secondary N) is 1. The van der Waals surface area contributed by atoms with Gasteiger partial charge in [-0.25, -0.2) is 4.39 Å². The van der Waals surface area contributed by atoms with Crippen molar-refractivity contribution in [2.24, 2.45) is 5.73 Å². The first-order valence-corrected chi connectivity index (χ1v) is 7.81. The maximum Gasteiger partial charge on any atom is 0.227 e. The van der Waals surface area contributed by atoms with Crippen LogP contribution < -0.4 is 10.6 Å². The lowest BCUT2D eigenvalue weighted by molar-refractivity contribution is -0.890. The molecule has 22 heavy (non-hydrogen) atoms. The lowest BCUT2D eigenvalue weighted by atomic mass is 10.2. The van der Waals surface area contributed by atoms with Crippen LogP contribution in [-0.2, 0) is 4.79 Å². The van der Waals surface area contributed by atoms with E-state index in [0.717, 1.165) is 11.5 Å². The molecule has 1 atom stereocenters. The van der Waals surface area contributed by atoms with Crippen molar-refractivity contribution >= 4 is 17.7 Å². The molecule has 2 aromatic rings. The number of aromatic nitrogens is 3. The van der Waals surface area contributed by atoms with Gasteiger partial charge in [0.05, 0.1) is 19.8 Å². The third-order valence-electron chi connectivity index (χ3n) is 3.34. The second kappa shape index (κ2) is 6.89. The van der Waals surface area contributed by atoms with Crippen LogP contribution in [0.2, 0.25) is 0 Å². The third-order valence-corrected chi connectivity index (χ3v) is 4.29. The Kier molecular flexibility index (Phi) is 5.15. The average Bonchev–Trinajstić information content (AvgIpc) is 2.88. The summed E-state index contributed by atoms with van der Waals surface area (Å²) in [6.45, 7) is 2.03. The third kappa shape index (κ3) is 3.63. The van der Waals surface area contributed by atoms with Gasteiger partial charge in [0.2, 0.25) is 5.91 Å². The maximum absolute atomic E-state index is 13.2. The number of thioether (sulfide) groups is 1. The molecule has 3 N–H and O–H groups in total. The molecule has 118 valence electrons. The Bertz CT molecular complexity index is 656. The molecular formula is C14H19FN5OS+. The van der Waals surface area contributed by atoms with Crippen LogP contribution >= 0.6 is 11.8 Å². The summed E-state index contributed by atoms with van der Waals surface area (Å²) in [5.41, 5.74) is 5.94.